The Labute approximate surface area is 104 Å². The normalized spacial score (nSPS) is 12.2. The first-order chi connectivity index (χ1) is 8.13. The molecule has 17 heavy (non-hydrogen) atoms. The quantitative estimate of drug-likeness (QED) is 0.817. The van der Waals surface area contributed by atoms with Crippen molar-refractivity contribution in [1.29, 1.82) is 0 Å². The monoisotopic (exact) mass is 234 g/mol. The summed E-state index contributed by atoms with van der Waals surface area (Å²) in [5, 5.41) is 3.21. The van der Waals surface area contributed by atoms with Gasteiger partial charge < -0.3 is 10.2 Å². The van der Waals surface area contributed by atoms with Crippen molar-refractivity contribution in [1.82, 2.24) is 10.2 Å². The molecular formula is C14H22N2O. The molecule has 94 valence electrons. The number of rotatable bonds is 6. The smallest absolute Gasteiger partial charge is 0.236 e. The second kappa shape index (κ2) is 7.07. The van der Waals surface area contributed by atoms with Gasteiger partial charge in [0.25, 0.3) is 0 Å². The van der Waals surface area contributed by atoms with Gasteiger partial charge >= 0.3 is 0 Å². The Balaban J connectivity index is 2.37. The van der Waals surface area contributed by atoms with Crippen molar-refractivity contribution in [3.63, 3.8) is 0 Å². The Bertz CT molecular complexity index is 337. The first kappa shape index (κ1) is 13.7. The first-order valence-corrected chi connectivity index (χ1v) is 6.14. The molecular weight excluding hydrogens is 212 g/mol. The van der Waals surface area contributed by atoms with Crippen molar-refractivity contribution in [3.05, 3.63) is 35.9 Å². The molecule has 0 saturated heterocycles. The maximum Gasteiger partial charge on any atom is 0.236 e. The third-order valence-corrected chi connectivity index (χ3v) is 2.90. The Hall–Kier alpha value is -1.35. The number of likely N-dealkylation sites (N-methyl/N-ethyl adjacent to an activating group) is 1. The van der Waals surface area contributed by atoms with Gasteiger partial charge in [0.15, 0.2) is 0 Å². The van der Waals surface area contributed by atoms with E-state index in [1.54, 1.807) is 4.90 Å². The third kappa shape index (κ3) is 5.00. The zero-order valence-corrected chi connectivity index (χ0v) is 10.9. The van der Waals surface area contributed by atoms with Gasteiger partial charge in [-0.25, -0.2) is 0 Å². The molecule has 0 bridgehead atoms. The highest BCUT2D eigenvalue weighted by Gasteiger charge is 2.09. The first-order valence-electron chi connectivity index (χ1n) is 6.14. The molecule has 1 rings (SSSR count). The molecule has 0 aliphatic carbocycles. The van der Waals surface area contributed by atoms with Crippen LogP contribution in [0.1, 0.15) is 25.8 Å². The fourth-order valence-electron chi connectivity index (χ4n) is 1.49. The van der Waals surface area contributed by atoms with Gasteiger partial charge in [-0.3, -0.25) is 4.79 Å². The van der Waals surface area contributed by atoms with E-state index >= 15 is 0 Å². The van der Waals surface area contributed by atoms with Crippen molar-refractivity contribution in [2.24, 2.45) is 0 Å². The predicted molar refractivity (Wildman–Crippen MR) is 70.7 cm³/mol. The molecule has 0 heterocycles. The van der Waals surface area contributed by atoms with Crippen LogP contribution < -0.4 is 5.32 Å². The van der Waals surface area contributed by atoms with E-state index in [1.165, 1.54) is 0 Å². The fourth-order valence-corrected chi connectivity index (χ4v) is 1.49. The Morgan fingerprint density at radius 1 is 1.35 bits per heavy atom. The second-order valence-corrected chi connectivity index (χ2v) is 4.43. The molecule has 0 radical (unpaired) electrons. The summed E-state index contributed by atoms with van der Waals surface area (Å²) in [4.78, 5) is 13.6. The molecule has 0 aliphatic rings. The van der Waals surface area contributed by atoms with E-state index in [2.05, 4.69) is 19.2 Å². The Morgan fingerprint density at radius 3 is 2.59 bits per heavy atom. The van der Waals surface area contributed by atoms with E-state index in [0.717, 1.165) is 12.0 Å². The maximum atomic E-state index is 11.8. The van der Waals surface area contributed by atoms with E-state index in [1.807, 2.05) is 37.4 Å². The van der Waals surface area contributed by atoms with Gasteiger partial charge in [-0.05, 0) is 18.9 Å². The number of carbonyl (C=O) groups is 1. The average molecular weight is 234 g/mol. The minimum atomic E-state index is 0.133. The summed E-state index contributed by atoms with van der Waals surface area (Å²) in [6.45, 7) is 5.28. The fraction of sp³-hybridized carbons (Fsp3) is 0.500. The van der Waals surface area contributed by atoms with Crippen molar-refractivity contribution in [2.45, 2.75) is 32.9 Å². The summed E-state index contributed by atoms with van der Waals surface area (Å²) in [6.07, 6.45) is 1.04. The molecule has 3 heteroatoms. The number of amides is 1. The van der Waals surface area contributed by atoms with Crippen molar-refractivity contribution in [3.8, 4) is 0 Å². The third-order valence-electron chi connectivity index (χ3n) is 2.90. The summed E-state index contributed by atoms with van der Waals surface area (Å²) in [7, 11) is 1.84. The van der Waals surface area contributed by atoms with Crippen LogP contribution in [0.3, 0.4) is 0 Å². The highest BCUT2D eigenvalue weighted by atomic mass is 16.2. The molecule has 1 atom stereocenters. The molecule has 0 aromatic heterocycles. The molecule has 0 saturated carbocycles. The highest BCUT2D eigenvalue weighted by molar-refractivity contribution is 5.77. The number of nitrogens with one attached hydrogen (secondary N) is 1. The molecule has 1 amide bonds. The van der Waals surface area contributed by atoms with Crippen LogP contribution in [0.4, 0.5) is 0 Å². The molecule has 0 fully saturated rings. The number of hydrogen-bond donors (Lipinski definition) is 1. The lowest BCUT2D eigenvalue weighted by molar-refractivity contribution is -0.129. The van der Waals surface area contributed by atoms with Crippen LogP contribution >= 0.6 is 0 Å². The van der Waals surface area contributed by atoms with Gasteiger partial charge in [-0.2, -0.15) is 0 Å². The summed E-state index contributed by atoms with van der Waals surface area (Å²) < 4.78 is 0. The number of benzene rings is 1. The molecule has 1 aromatic carbocycles. The van der Waals surface area contributed by atoms with Gasteiger partial charge in [0.1, 0.15) is 0 Å². The number of nitrogens with zero attached hydrogens (tertiary/aromatic N) is 1. The largest absolute Gasteiger partial charge is 0.340 e. The van der Waals surface area contributed by atoms with Crippen LogP contribution in [0.5, 0.6) is 0 Å². The van der Waals surface area contributed by atoms with Crippen LogP contribution in [-0.2, 0) is 11.3 Å². The van der Waals surface area contributed by atoms with Crippen molar-refractivity contribution >= 4 is 5.91 Å². The Morgan fingerprint density at radius 2 is 2.00 bits per heavy atom. The van der Waals surface area contributed by atoms with E-state index in [9.17, 15) is 4.79 Å². The lowest BCUT2D eigenvalue weighted by Crippen LogP contribution is -2.38. The average Bonchev–Trinajstić information content (AvgIpc) is 2.36. The van der Waals surface area contributed by atoms with Gasteiger partial charge in [0.05, 0.1) is 6.54 Å². The van der Waals surface area contributed by atoms with Gasteiger partial charge in [0.2, 0.25) is 5.91 Å². The van der Waals surface area contributed by atoms with Gasteiger partial charge in [-0.15, -0.1) is 0 Å². The van der Waals surface area contributed by atoms with Crippen molar-refractivity contribution in [2.75, 3.05) is 13.6 Å². The van der Waals surface area contributed by atoms with Gasteiger partial charge in [-0.1, -0.05) is 37.3 Å². The standard InChI is InChI=1S/C14H22N2O/c1-4-12(2)15-10-14(17)16(3)11-13-8-6-5-7-9-13/h5-9,12,15H,4,10-11H2,1-3H3. The summed E-state index contributed by atoms with van der Waals surface area (Å²) in [5.74, 6) is 0.133. The van der Waals surface area contributed by atoms with E-state index in [-0.39, 0.29) is 5.91 Å². The molecule has 1 N–H and O–H groups in total. The van der Waals surface area contributed by atoms with Crippen LogP contribution in [0, 0.1) is 0 Å². The molecule has 0 aliphatic heterocycles. The molecule has 3 nitrogen and oxygen atoms in total. The predicted octanol–water partition coefficient (Wildman–Crippen LogP) is 2.03. The minimum Gasteiger partial charge on any atom is -0.340 e. The van der Waals surface area contributed by atoms with Crippen LogP contribution in [0.15, 0.2) is 30.3 Å². The molecule has 0 spiro atoms. The summed E-state index contributed by atoms with van der Waals surface area (Å²) in [5.41, 5.74) is 1.16. The van der Waals surface area contributed by atoms with Crippen LogP contribution in [0.25, 0.3) is 0 Å². The van der Waals surface area contributed by atoms with Crippen molar-refractivity contribution < 1.29 is 4.79 Å². The molecule has 1 unspecified atom stereocenters. The number of carbonyl (C=O) groups excluding carboxylic acids is 1. The molecule has 1 aromatic rings. The topological polar surface area (TPSA) is 32.3 Å². The summed E-state index contributed by atoms with van der Waals surface area (Å²) >= 11 is 0. The lowest BCUT2D eigenvalue weighted by atomic mass is 10.2. The minimum absolute atomic E-state index is 0.133. The highest BCUT2D eigenvalue weighted by Crippen LogP contribution is 2.02. The zero-order chi connectivity index (χ0) is 12.7. The van der Waals surface area contributed by atoms with E-state index in [4.69, 9.17) is 0 Å². The van der Waals surface area contributed by atoms with E-state index in [0.29, 0.717) is 19.1 Å². The zero-order valence-electron chi connectivity index (χ0n) is 10.9. The van der Waals surface area contributed by atoms with Crippen LogP contribution in [0.2, 0.25) is 0 Å². The maximum absolute atomic E-state index is 11.8. The Kier molecular flexibility index (Phi) is 5.70. The van der Waals surface area contributed by atoms with Gasteiger partial charge in [0, 0.05) is 19.6 Å². The SMILES string of the molecule is CCC(C)NCC(=O)N(C)Cc1ccccc1. The lowest BCUT2D eigenvalue weighted by Gasteiger charge is -2.19. The summed E-state index contributed by atoms with van der Waals surface area (Å²) in [6, 6.07) is 10.4. The number of hydrogen-bond acceptors (Lipinski definition) is 2. The van der Waals surface area contributed by atoms with E-state index < -0.39 is 0 Å². The second-order valence-electron chi connectivity index (χ2n) is 4.43. The van der Waals surface area contributed by atoms with Crippen LogP contribution in [-0.4, -0.2) is 30.4 Å².